The van der Waals surface area contributed by atoms with E-state index in [1.54, 1.807) is 4.90 Å². The fraction of sp³-hybridized carbons (Fsp3) is 0.353. The molecule has 0 N–H and O–H groups in total. The number of carbonyl (C=O) groups excluding carboxylic acids is 1. The SMILES string of the molecule is CCOc1ccc(C2CCCN2C(=O)c2ccc([N+](=O)[O-])o2)cc1. The summed E-state index contributed by atoms with van der Waals surface area (Å²) in [5.74, 6) is 0.0490. The fourth-order valence-electron chi connectivity index (χ4n) is 2.99. The smallest absolute Gasteiger partial charge is 0.433 e. The Morgan fingerprint density at radius 2 is 2.08 bits per heavy atom. The lowest BCUT2D eigenvalue weighted by molar-refractivity contribution is -0.402. The van der Waals surface area contributed by atoms with Crippen LogP contribution in [0.25, 0.3) is 0 Å². The predicted molar refractivity (Wildman–Crippen MR) is 86.0 cm³/mol. The Hall–Kier alpha value is -2.83. The number of amides is 1. The molecule has 7 heteroatoms. The first-order valence-electron chi connectivity index (χ1n) is 7.88. The third kappa shape index (κ3) is 3.10. The van der Waals surface area contributed by atoms with Gasteiger partial charge in [0.1, 0.15) is 10.7 Å². The maximum atomic E-state index is 12.6. The van der Waals surface area contributed by atoms with Gasteiger partial charge in [-0.05, 0) is 43.5 Å². The molecule has 0 radical (unpaired) electrons. The van der Waals surface area contributed by atoms with Crippen LogP contribution in [-0.4, -0.2) is 28.9 Å². The van der Waals surface area contributed by atoms with Crippen molar-refractivity contribution in [3.05, 3.63) is 57.8 Å². The predicted octanol–water partition coefficient (Wildman–Crippen LogP) is 3.56. The minimum absolute atomic E-state index is 0.000429. The topological polar surface area (TPSA) is 85.8 Å². The monoisotopic (exact) mass is 330 g/mol. The van der Waals surface area contributed by atoms with E-state index in [2.05, 4.69) is 0 Å². The first-order valence-corrected chi connectivity index (χ1v) is 7.88. The van der Waals surface area contributed by atoms with E-state index in [1.807, 2.05) is 31.2 Å². The standard InChI is InChI=1S/C17H18N2O5/c1-2-23-13-7-5-12(6-8-13)14-4-3-11-18(14)17(20)15-9-10-16(24-15)19(21)22/h5-10,14H,2-4,11H2,1H3. The Morgan fingerprint density at radius 1 is 1.33 bits per heavy atom. The van der Waals surface area contributed by atoms with E-state index in [9.17, 15) is 14.9 Å². The molecule has 1 saturated heterocycles. The molecule has 2 aromatic rings. The van der Waals surface area contributed by atoms with Crippen molar-refractivity contribution in [2.45, 2.75) is 25.8 Å². The molecule has 1 atom stereocenters. The highest BCUT2D eigenvalue weighted by Gasteiger charge is 2.32. The van der Waals surface area contributed by atoms with Gasteiger partial charge in [-0.1, -0.05) is 12.1 Å². The number of furan rings is 1. The minimum Gasteiger partial charge on any atom is -0.494 e. The summed E-state index contributed by atoms with van der Waals surface area (Å²) in [5.41, 5.74) is 1.02. The number of likely N-dealkylation sites (tertiary alicyclic amines) is 1. The van der Waals surface area contributed by atoms with Gasteiger partial charge < -0.3 is 14.1 Å². The molecule has 1 unspecified atom stereocenters. The van der Waals surface area contributed by atoms with Gasteiger partial charge >= 0.3 is 5.88 Å². The average Bonchev–Trinajstić information content (AvgIpc) is 3.25. The van der Waals surface area contributed by atoms with Gasteiger partial charge in [0, 0.05) is 6.54 Å². The van der Waals surface area contributed by atoms with Crippen LogP contribution in [0.2, 0.25) is 0 Å². The van der Waals surface area contributed by atoms with Crippen LogP contribution < -0.4 is 4.74 Å². The van der Waals surface area contributed by atoms with Gasteiger partial charge in [0.25, 0.3) is 5.91 Å². The molecule has 1 aromatic carbocycles. The minimum atomic E-state index is -0.648. The van der Waals surface area contributed by atoms with E-state index in [-0.39, 0.29) is 17.7 Å². The van der Waals surface area contributed by atoms with Crippen molar-refractivity contribution in [2.24, 2.45) is 0 Å². The molecule has 1 aliphatic rings. The molecule has 126 valence electrons. The number of benzene rings is 1. The normalized spacial score (nSPS) is 17.0. The second-order valence-electron chi connectivity index (χ2n) is 5.55. The second-order valence-corrected chi connectivity index (χ2v) is 5.55. The van der Waals surface area contributed by atoms with Gasteiger partial charge in [-0.3, -0.25) is 14.9 Å². The highest BCUT2D eigenvalue weighted by atomic mass is 16.6. The number of ether oxygens (including phenoxy) is 1. The van der Waals surface area contributed by atoms with E-state index in [0.717, 1.165) is 24.2 Å². The summed E-state index contributed by atoms with van der Waals surface area (Å²) in [5, 5.41) is 10.7. The van der Waals surface area contributed by atoms with Crippen LogP contribution >= 0.6 is 0 Å². The van der Waals surface area contributed by atoms with Crippen molar-refractivity contribution in [3.8, 4) is 5.75 Å². The fourth-order valence-corrected chi connectivity index (χ4v) is 2.99. The van der Waals surface area contributed by atoms with Crippen molar-refractivity contribution < 1.29 is 18.9 Å². The zero-order valence-electron chi connectivity index (χ0n) is 13.3. The van der Waals surface area contributed by atoms with E-state index in [0.29, 0.717) is 13.2 Å². The molecule has 0 spiro atoms. The summed E-state index contributed by atoms with van der Waals surface area (Å²) in [7, 11) is 0. The van der Waals surface area contributed by atoms with Gasteiger partial charge in [-0.15, -0.1) is 0 Å². The zero-order chi connectivity index (χ0) is 17.1. The number of nitro groups is 1. The lowest BCUT2D eigenvalue weighted by atomic mass is 10.0. The number of nitrogens with zero attached hydrogens (tertiary/aromatic N) is 2. The summed E-state index contributed by atoms with van der Waals surface area (Å²) in [6, 6.07) is 10.2. The van der Waals surface area contributed by atoms with Gasteiger partial charge in [0.2, 0.25) is 0 Å². The van der Waals surface area contributed by atoms with Crippen LogP contribution in [0.1, 0.15) is 41.9 Å². The van der Waals surface area contributed by atoms with Crippen LogP contribution in [0.15, 0.2) is 40.8 Å². The Bertz CT molecular complexity index is 738. The van der Waals surface area contributed by atoms with Gasteiger partial charge in [-0.2, -0.15) is 0 Å². The summed E-state index contributed by atoms with van der Waals surface area (Å²) in [4.78, 5) is 24.4. The number of rotatable bonds is 5. The third-order valence-electron chi connectivity index (χ3n) is 4.07. The van der Waals surface area contributed by atoms with Crippen LogP contribution in [0.4, 0.5) is 5.88 Å². The van der Waals surface area contributed by atoms with Crippen LogP contribution in [-0.2, 0) is 0 Å². The molecular formula is C17H18N2O5. The van der Waals surface area contributed by atoms with Crippen LogP contribution in [0.3, 0.4) is 0 Å². The number of hydrogen-bond donors (Lipinski definition) is 0. The summed E-state index contributed by atoms with van der Waals surface area (Å²) < 4.78 is 10.5. The molecule has 7 nitrogen and oxygen atoms in total. The lowest BCUT2D eigenvalue weighted by Crippen LogP contribution is -2.30. The number of hydrogen-bond acceptors (Lipinski definition) is 5. The van der Waals surface area contributed by atoms with Crippen LogP contribution in [0, 0.1) is 10.1 Å². The molecule has 1 aliphatic heterocycles. The second kappa shape index (κ2) is 6.74. The van der Waals surface area contributed by atoms with Gasteiger partial charge in [0.15, 0.2) is 5.76 Å². The number of carbonyl (C=O) groups is 1. The Balaban J connectivity index is 1.79. The molecule has 2 heterocycles. The molecule has 0 saturated carbocycles. The molecule has 0 aliphatic carbocycles. The molecule has 3 rings (SSSR count). The van der Waals surface area contributed by atoms with Gasteiger partial charge in [0.05, 0.1) is 18.7 Å². The summed E-state index contributed by atoms with van der Waals surface area (Å²) >= 11 is 0. The lowest BCUT2D eigenvalue weighted by Gasteiger charge is -2.24. The molecule has 1 aromatic heterocycles. The summed E-state index contributed by atoms with van der Waals surface area (Å²) in [6.45, 7) is 3.13. The largest absolute Gasteiger partial charge is 0.494 e. The van der Waals surface area contributed by atoms with E-state index in [1.165, 1.54) is 12.1 Å². The molecule has 1 amide bonds. The maximum absolute atomic E-state index is 12.6. The van der Waals surface area contributed by atoms with E-state index in [4.69, 9.17) is 9.15 Å². The van der Waals surface area contributed by atoms with Crippen molar-refractivity contribution in [1.29, 1.82) is 0 Å². The van der Waals surface area contributed by atoms with Crippen molar-refractivity contribution in [3.63, 3.8) is 0 Å². The Labute approximate surface area is 139 Å². The quantitative estimate of drug-likeness (QED) is 0.618. The molecule has 24 heavy (non-hydrogen) atoms. The highest BCUT2D eigenvalue weighted by molar-refractivity contribution is 5.92. The molecule has 0 bridgehead atoms. The van der Waals surface area contributed by atoms with Crippen molar-refractivity contribution in [1.82, 2.24) is 4.90 Å². The van der Waals surface area contributed by atoms with Gasteiger partial charge in [-0.25, -0.2) is 0 Å². The average molecular weight is 330 g/mol. The third-order valence-corrected chi connectivity index (χ3v) is 4.07. The van der Waals surface area contributed by atoms with E-state index >= 15 is 0 Å². The Morgan fingerprint density at radius 3 is 2.71 bits per heavy atom. The molecular weight excluding hydrogens is 312 g/mol. The summed E-state index contributed by atoms with van der Waals surface area (Å²) in [6.07, 6.45) is 1.73. The van der Waals surface area contributed by atoms with Crippen LogP contribution in [0.5, 0.6) is 5.75 Å². The van der Waals surface area contributed by atoms with E-state index < -0.39 is 10.8 Å². The first-order chi connectivity index (χ1) is 11.6. The highest BCUT2D eigenvalue weighted by Crippen LogP contribution is 2.34. The van der Waals surface area contributed by atoms with Crippen molar-refractivity contribution in [2.75, 3.05) is 13.2 Å². The Kier molecular flexibility index (Phi) is 4.50. The zero-order valence-corrected chi connectivity index (χ0v) is 13.3. The van der Waals surface area contributed by atoms with Crippen molar-refractivity contribution >= 4 is 11.8 Å². The maximum Gasteiger partial charge on any atom is 0.433 e. The molecule has 1 fully saturated rings. The first kappa shape index (κ1) is 16.0.